The van der Waals surface area contributed by atoms with Gasteiger partial charge < -0.3 is 4.74 Å². The summed E-state index contributed by atoms with van der Waals surface area (Å²) in [6.07, 6.45) is 2.71. The van der Waals surface area contributed by atoms with Crippen LogP contribution in [0, 0.1) is 5.82 Å². The van der Waals surface area contributed by atoms with Crippen molar-refractivity contribution in [3.05, 3.63) is 29.6 Å². The zero-order chi connectivity index (χ0) is 15.8. The predicted octanol–water partition coefficient (Wildman–Crippen LogP) is 3.16. The second-order valence-corrected chi connectivity index (χ2v) is 5.02. The number of halogens is 1. The van der Waals surface area contributed by atoms with E-state index in [2.05, 4.69) is 19.2 Å². The van der Waals surface area contributed by atoms with Gasteiger partial charge in [-0.25, -0.2) is 4.39 Å². The van der Waals surface area contributed by atoms with E-state index in [1.807, 2.05) is 0 Å². The Morgan fingerprint density at radius 1 is 1.29 bits per heavy atom. The number of hydrogen-bond acceptors (Lipinski definition) is 3. The summed E-state index contributed by atoms with van der Waals surface area (Å²) in [4.78, 5) is 20.7. The van der Waals surface area contributed by atoms with E-state index in [1.54, 1.807) is 19.2 Å². The van der Waals surface area contributed by atoms with Gasteiger partial charge >= 0.3 is 0 Å². The maximum absolute atomic E-state index is 12.9. The second-order valence-electron chi connectivity index (χ2n) is 5.02. The number of benzene rings is 1. The molecule has 21 heavy (non-hydrogen) atoms. The average Bonchev–Trinajstić information content (AvgIpc) is 2.46. The number of piperidine rings is 1. The highest BCUT2D eigenvalue weighted by Crippen LogP contribution is 2.28. The lowest BCUT2D eigenvalue weighted by molar-refractivity contribution is -0.132. The van der Waals surface area contributed by atoms with Crippen LogP contribution in [0.3, 0.4) is 0 Å². The molecule has 1 aromatic rings. The fourth-order valence-electron chi connectivity index (χ4n) is 2.00. The third-order valence-corrected chi connectivity index (χ3v) is 3.42. The van der Waals surface area contributed by atoms with Gasteiger partial charge in [-0.2, -0.15) is 0 Å². The van der Waals surface area contributed by atoms with Crippen molar-refractivity contribution in [2.24, 2.45) is 0 Å². The second kappa shape index (κ2) is 8.39. The van der Waals surface area contributed by atoms with Crippen molar-refractivity contribution in [1.82, 2.24) is 5.32 Å². The van der Waals surface area contributed by atoms with Gasteiger partial charge in [0.15, 0.2) is 0 Å². The summed E-state index contributed by atoms with van der Waals surface area (Å²) in [5.41, 5.74) is 0.949. The molecule has 5 heteroatoms. The van der Waals surface area contributed by atoms with Crippen LogP contribution in [0.4, 0.5) is 4.39 Å². The molecule has 4 nitrogen and oxygen atoms in total. The molecule has 1 heterocycles. The van der Waals surface area contributed by atoms with Gasteiger partial charge in [0.2, 0.25) is 11.8 Å². The third-order valence-electron chi connectivity index (χ3n) is 3.42. The topological polar surface area (TPSA) is 55.4 Å². The fourth-order valence-corrected chi connectivity index (χ4v) is 2.00. The molecule has 0 aromatic heterocycles. The Morgan fingerprint density at radius 3 is 2.33 bits per heavy atom. The highest BCUT2D eigenvalue weighted by atomic mass is 19.1. The first-order valence-electron chi connectivity index (χ1n) is 7.14. The summed E-state index contributed by atoms with van der Waals surface area (Å²) in [6.45, 7) is 4.15. The van der Waals surface area contributed by atoms with Crippen molar-refractivity contribution in [1.29, 1.82) is 0 Å². The molecule has 1 atom stereocenters. The van der Waals surface area contributed by atoms with E-state index in [0.717, 1.165) is 17.7 Å². The number of hydrogen-bond donors (Lipinski definition) is 1. The fraction of sp³-hybridized carbons (Fsp3) is 0.500. The minimum atomic E-state index is -0.198. The molecule has 0 bridgehead atoms. The van der Waals surface area contributed by atoms with Gasteiger partial charge in [0.1, 0.15) is 11.6 Å². The smallest absolute Gasteiger partial charge is 0.226 e. The number of amides is 2. The lowest BCUT2D eigenvalue weighted by Crippen LogP contribution is -2.33. The Hall–Kier alpha value is -1.91. The first-order chi connectivity index (χ1) is 9.97. The predicted molar refractivity (Wildman–Crippen MR) is 78.7 cm³/mol. The molecule has 1 aromatic carbocycles. The molecule has 0 saturated carbocycles. The van der Waals surface area contributed by atoms with Gasteiger partial charge in [0, 0.05) is 12.8 Å². The summed E-state index contributed by atoms with van der Waals surface area (Å²) in [5, 5.41) is 2.20. The maximum Gasteiger partial charge on any atom is 0.226 e. The highest BCUT2D eigenvalue weighted by Gasteiger charge is 2.13. The molecule has 116 valence electrons. The Kier molecular flexibility index (Phi) is 6.85. The molecule has 1 saturated heterocycles. The van der Waals surface area contributed by atoms with Gasteiger partial charge in [-0.1, -0.05) is 13.8 Å². The van der Waals surface area contributed by atoms with Crippen LogP contribution in [0.25, 0.3) is 0 Å². The van der Waals surface area contributed by atoms with Crippen LogP contribution in [0.1, 0.15) is 51.0 Å². The quantitative estimate of drug-likeness (QED) is 0.871. The Balaban J connectivity index is 0.000000235. The van der Waals surface area contributed by atoms with E-state index in [4.69, 9.17) is 4.74 Å². The van der Waals surface area contributed by atoms with Crippen molar-refractivity contribution in [3.63, 3.8) is 0 Å². The minimum absolute atomic E-state index is 0.138. The molecule has 0 radical (unpaired) electrons. The molecule has 0 spiro atoms. The number of methoxy groups -OCH3 is 1. The molecule has 0 aliphatic carbocycles. The Labute approximate surface area is 124 Å². The largest absolute Gasteiger partial charge is 0.496 e. The van der Waals surface area contributed by atoms with E-state index >= 15 is 0 Å². The zero-order valence-electron chi connectivity index (χ0n) is 12.7. The van der Waals surface area contributed by atoms with E-state index in [-0.39, 0.29) is 17.6 Å². The molecular formula is C16H22FNO3. The van der Waals surface area contributed by atoms with Crippen LogP contribution in [0.2, 0.25) is 0 Å². The summed E-state index contributed by atoms with van der Waals surface area (Å²) < 4.78 is 18.1. The Morgan fingerprint density at radius 2 is 1.90 bits per heavy atom. The van der Waals surface area contributed by atoms with Crippen LogP contribution in [-0.2, 0) is 9.59 Å². The summed E-state index contributed by atoms with van der Waals surface area (Å²) in [7, 11) is 1.61. The van der Waals surface area contributed by atoms with Crippen molar-refractivity contribution in [2.45, 2.75) is 45.4 Å². The molecule has 1 N–H and O–H groups in total. The van der Waals surface area contributed by atoms with E-state index in [9.17, 15) is 14.0 Å². The SMILES string of the molecule is CCC(C)c1cc(F)ccc1OC.O=C1CCCC(=O)N1. The van der Waals surface area contributed by atoms with Gasteiger partial charge in [-0.3, -0.25) is 14.9 Å². The number of rotatable bonds is 3. The van der Waals surface area contributed by atoms with Crippen LogP contribution in [0.5, 0.6) is 5.75 Å². The van der Waals surface area contributed by atoms with Crippen molar-refractivity contribution < 1.29 is 18.7 Å². The zero-order valence-corrected chi connectivity index (χ0v) is 12.7. The van der Waals surface area contributed by atoms with Crippen LogP contribution in [0.15, 0.2) is 18.2 Å². The number of carbonyl (C=O) groups is 2. The number of nitrogens with one attached hydrogen (secondary N) is 1. The van der Waals surface area contributed by atoms with Crippen molar-refractivity contribution in [2.75, 3.05) is 7.11 Å². The standard InChI is InChI=1S/C11H15FO.C5H7NO2/c1-4-8(2)10-7-9(12)5-6-11(10)13-3;7-4-2-1-3-5(8)6-4/h5-8H,4H2,1-3H3;1-3H2,(H,6,7,8). The molecule has 2 amide bonds. The minimum Gasteiger partial charge on any atom is -0.496 e. The molecular weight excluding hydrogens is 273 g/mol. The summed E-state index contributed by atoms with van der Waals surface area (Å²) in [5.74, 6) is 0.639. The molecule has 2 rings (SSSR count). The van der Waals surface area contributed by atoms with E-state index in [1.165, 1.54) is 6.07 Å². The van der Waals surface area contributed by atoms with Crippen molar-refractivity contribution in [3.8, 4) is 5.75 Å². The van der Waals surface area contributed by atoms with Gasteiger partial charge in [-0.15, -0.1) is 0 Å². The number of carbonyl (C=O) groups excluding carboxylic acids is 2. The lowest BCUT2D eigenvalue weighted by Gasteiger charge is -2.13. The number of ether oxygens (including phenoxy) is 1. The maximum atomic E-state index is 12.9. The third kappa shape index (κ3) is 5.53. The van der Waals surface area contributed by atoms with Crippen LogP contribution in [-0.4, -0.2) is 18.9 Å². The molecule has 1 aliphatic heterocycles. The summed E-state index contributed by atoms with van der Waals surface area (Å²) >= 11 is 0. The highest BCUT2D eigenvalue weighted by molar-refractivity contribution is 5.97. The van der Waals surface area contributed by atoms with Gasteiger partial charge in [0.25, 0.3) is 0 Å². The average molecular weight is 295 g/mol. The van der Waals surface area contributed by atoms with E-state index in [0.29, 0.717) is 25.2 Å². The normalized spacial score (nSPS) is 15.6. The van der Waals surface area contributed by atoms with Crippen LogP contribution >= 0.6 is 0 Å². The first-order valence-corrected chi connectivity index (χ1v) is 7.14. The molecule has 1 aliphatic rings. The Bertz CT molecular complexity index is 488. The van der Waals surface area contributed by atoms with Crippen molar-refractivity contribution >= 4 is 11.8 Å². The summed E-state index contributed by atoms with van der Waals surface area (Å²) in [6, 6.07) is 4.65. The van der Waals surface area contributed by atoms with Gasteiger partial charge in [0.05, 0.1) is 7.11 Å². The number of imide groups is 1. The molecule has 1 unspecified atom stereocenters. The van der Waals surface area contributed by atoms with Gasteiger partial charge in [-0.05, 0) is 42.5 Å². The monoisotopic (exact) mass is 295 g/mol. The first kappa shape index (κ1) is 17.1. The van der Waals surface area contributed by atoms with E-state index < -0.39 is 0 Å². The van der Waals surface area contributed by atoms with Crippen LogP contribution < -0.4 is 10.1 Å². The lowest BCUT2D eigenvalue weighted by atomic mass is 9.97. The molecule has 1 fully saturated rings.